The van der Waals surface area contributed by atoms with Crippen molar-refractivity contribution in [2.45, 2.75) is 90.5 Å². The highest BCUT2D eigenvalue weighted by molar-refractivity contribution is 5.51. The predicted octanol–water partition coefficient (Wildman–Crippen LogP) is 5.82. The summed E-state index contributed by atoms with van der Waals surface area (Å²) in [5.74, 6) is 1.10. The van der Waals surface area contributed by atoms with Crippen LogP contribution in [0, 0.1) is 0 Å². The quantitative estimate of drug-likeness (QED) is 0.301. The second-order valence-corrected chi connectivity index (χ2v) is 7.70. The van der Waals surface area contributed by atoms with Crippen LogP contribution < -0.4 is 4.57 Å². The minimum absolute atomic E-state index is 0.167. The van der Waals surface area contributed by atoms with E-state index in [9.17, 15) is 5.11 Å². The molecule has 2 rings (SSSR count). The van der Waals surface area contributed by atoms with E-state index in [4.69, 9.17) is 0 Å². The van der Waals surface area contributed by atoms with Gasteiger partial charge in [-0.1, -0.05) is 89.3 Å². The molecule has 3 heteroatoms. The summed E-state index contributed by atoms with van der Waals surface area (Å²) in [6.07, 6.45) is 18.4. The Morgan fingerprint density at radius 2 is 1.41 bits per heavy atom. The number of aryl methyl sites for hydroxylation is 1. The molecule has 1 aromatic heterocycles. The van der Waals surface area contributed by atoms with Crippen molar-refractivity contribution in [1.82, 2.24) is 4.98 Å². The molecule has 0 amide bonds. The molecule has 3 nitrogen and oxygen atoms in total. The van der Waals surface area contributed by atoms with Crippen molar-refractivity contribution in [2.24, 2.45) is 0 Å². The van der Waals surface area contributed by atoms with Gasteiger partial charge in [0.1, 0.15) is 18.4 Å². The normalized spacial score (nSPS) is 11.2. The molecule has 150 valence electrons. The molecule has 0 spiro atoms. The molecule has 2 N–H and O–H groups in total. The van der Waals surface area contributed by atoms with Crippen LogP contribution in [0.4, 0.5) is 0 Å². The number of hydrogen-bond acceptors (Lipinski definition) is 1. The fourth-order valence-corrected chi connectivity index (χ4v) is 3.73. The van der Waals surface area contributed by atoms with E-state index in [2.05, 4.69) is 46.9 Å². The number of imidazole rings is 1. The van der Waals surface area contributed by atoms with Crippen LogP contribution in [0.25, 0.3) is 11.4 Å². The van der Waals surface area contributed by atoms with Crippen molar-refractivity contribution in [3.8, 4) is 11.4 Å². The highest BCUT2D eigenvalue weighted by atomic mass is 16.3. The highest BCUT2D eigenvalue weighted by Crippen LogP contribution is 2.16. The van der Waals surface area contributed by atoms with E-state index in [0.717, 1.165) is 12.2 Å². The maximum absolute atomic E-state index is 9.34. The zero-order valence-electron chi connectivity index (χ0n) is 17.3. The molecule has 0 unspecified atom stereocenters. The Morgan fingerprint density at radius 1 is 0.815 bits per heavy atom. The fourth-order valence-electron chi connectivity index (χ4n) is 3.73. The molecule has 1 aromatic carbocycles. The maximum atomic E-state index is 9.34. The van der Waals surface area contributed by atoms with Crippen molar-refractivity contribution in [2.75, 3.05) is 6.61 Å². The van der Waals surface area contributed by atoms with Crippen molar-refractivity contribution in [3.63, 3.8) is 0 Å². The standard InChI is InChI=1S/C24H38N2O/c1-2-3-4-5-6-7-8-9-10-11-15-18-23-21-26(19-20-27)24(25-23)22-16-13-12-14-17-22/h12-14,16-17,21,27H,2-11,15,18-20H2,1H3/p+1. The summed E-state index contributed by atoms with van der Waals surface area (Å²) in [7, 11) is 0. The average Bonchev–Trinajstić information content (AvgIpc) is 3.10. The summed E-state index contributed by atoms with van der Waals surface area (Å²) in [4.78, 5) is 3.57. The minimum Gasteiger partial charge on any atom is -0.392 e. The zero-order chi connectivity index (χ0) is 19.2. The van der Waals surface area contributed by atoms with Gasteiger partial charge in [-0.15, -0.1) is 0 Å². The number of aliphatic hydroxyl groups is 1. The summed E-state index contributed by atoms with van der Waals surface area (Å²) < 4.78 is 2.14. The number of aromatic amines is 1. The zero-order valence-corrected chi connectivity index (χ0v) is 17.3. The van der Waals surface area contributed by atoms with Gasteiger partial charge >= 0.3 is 0 Å². The molecule has 0 aliphatic rings. The van der Waals surface area contributed by atoms with Gasteiger partial charge in [0.2, 0.25) is 0 Å². The van der Waals surface area contributed by atoms with Crippen LogP contribution in [0.2, 0.25) is 0 Å². The van der Waals surface area contributed by atoms with E-state index < -0.39 is 0 Å². The number of nitrogens with zero attached hydrogens (tertiary/aromatic N) is 1. The third kappa shape index (κ3) is 8.30. The Morgan fingerprint density at radius 3 is 2.00 bits per heavy atom. The lowest BCUT2D eigenvalue weighted by Crippen LogP contribution is -2.35. The summed E-state index contributed by atoms with van der Waals surface area (Å²) in [5.41, 5.74) is 2.45. The van der Waals surface area contributed by atoms with Gasteiger partial charge in [0.15, 0.2) is 0 Å². The third-order valence-electron chi connectivity index (χ3n) is 5.32. The molecule has 1 heterocycles. The SMILES string of the molecule is CCCCCCCCCCCCCc1c[n+](CCO)c(-c2ccccc2)[nH]1. The molecule has 0 atom stereocenters. The van der Waals surface area contributed by atoms with E-state index in [-0.39, 0.29) is 6.61 Å². The maximum Gasteiger partial charge on any atom is 0.286 e. The number of aliphatic hydroxyl groups excluding tert-OH is 1. The molecule has 0 saturated heterocycles. The summed E-state index contributed by atoms with van der Waals surface area (Å²) >= 11 is 0. The number of hydrogen-bond donors (Lipinski definition) is 2. The van der Waals surface area contributed by atoms with E-state index in [0.29, 0.717) is 6.54 Å². The summed E-state index contributed by atoms with van der Waals surface area (Å²) in [5, 5.41) is 9.34. The lowest BCUT2D eigenvalue weighted by Gasteiger charge is -2.01. The minimum atomic E-state index is 0.167. The first-order valence-corrected chi connectivity index (χ1v) is 11.1. The topological polar surface area (TPSA) is 39.9 Å². The van der Waals surface area contributed by atoms with Gasteiger partial charge in [-0.05, 0) is 18.6 Å². The number of rotatable bonds is 15. The lowest BCUT2D eigenvalue weighted by atomic mass is 10.0. The fraction of sp³-hybridized carbons (Fsp3) is 0.625. The average molecular weight is 372 g/mol. The Balaban J connectivity index is 1.65. The summed E-state index contributed by atoms with van der Waals surface area (Å²) in [6.45, 7) is 3.08. The monoisotopic (exact) mass is 371 g/mol. The third-order valence-corrected chi connectivity index (χ3v) is 5.32. The Labute approximate surface area is 165 Å². The van der Waals surface area contributed by atoms with E-state index in [1.807, 2.05) is 6.07 Å². The van der Waals surface area contributed by atoms with Crippen LogP contribution in [0.1, 0.15) is 83.2 Å². The molecular weight excluding hydrogens is 332 g/mol. The first-order chi connectivity index (χ1) is 13.3. The van der Waals surface area contributed by atoms with Crippen LogP contribution >= 0.6 is 0 Å². The van der Waals surface area contributed by atoms with E-state index >= 15 is 0 Å². The van der Waals surface area contributed by atoms with Crippen LogP contribution in [0.5, 0.6) is 0 Å². The molecule has 0 aliphatic carbocycles. The van der Waals surface area contributed by atoms with Crippen molar-refractivity contribution in [1.29, 1.82) is 0 Å². The lowest BCUT2D eigenvalue weighted by molar-refractivity contribution is -0.686. The summed E-state index contributed by atoms with van der Waals surface area (Å²) in [6, 6.07) is 10.4. The smallest absolute Gasteiger partial charge is 0.286 e. The first kappa shape index (κ1) is 21.7. The number of unbranched alkanes of at least 4 members (excludes halogenated alkanes) is 10. The molecule has 0 bridgehead atoms. The second kappa shape index (κ2) is 13.5. The number of H-pyrrole nitrogens is 1. The van der Waals surface area contributed by atoms with Crippen LogP contribution in [-0.2, 0) is 13.0 Å². The molecule has 27 heavy (non-hydrogen) atoms. The number of nitrogens with one attached hydrogen (secondary N) is 1. The van der Waals surface area contributed by atoms with Gasteiger partial charge in [0, 0.05) is 6.42 Å². The van der Waals surface area contributed by atoms with Crippen molar-refractivity contribution >= 4 is 0 Å². The van der Waals surface area contributed by atoms with Gasteiger partial charge in [-0.2, -0.15) is 0 Å². The Kier molecular flexibility index (Phi) is 10.9. The van der Waals surface area contributed by atoms with Crippen LogP contribution in [-0.4, -0.2) is 16.7 Å². The Hall–Kier alpha value is -1.61. The van der Waals surface area contributed by atoms with Crippen LogP contribution in [0.15, 0.2) is 36.5 Å². The van der Waals surface area contributed by atoms with Gasteiger partial charge in [0.25, 0.3) is 5.82 Å². The van der Waals surface area contributed by atoms with Gasteiger partial charge in [0.05, 0.1) is 12.2 Å². The van der Waals surface area contributed by atoms with Crippen LogP contribution in [0.3, 0.4) is 0 Å². The van der Waals surface area contributed by atoms with Crippen molar-refractivity contribution in [3.05, 3.63) is 42.2 Å². The molecule has 0 aliphatic heterocycles. The van der Waals surface area contributed by atoms with Gasteiger partial charge < -0.3 is 5.11 Å². The molecule has 0 radical (unpaired) electrons. The largest absolute Gasteiger partial charge is 0.392 e. The van der Waals surface area contributed by atoms with Gasteiger partial charge in [-0.3, -0.25) is 0 Å². The number of aromatic nitrogens is 2. The molecule has 0 saturated carbocycles. The number of benzene rings is 1. The molecule has 0 fully saturated rings. The predicted molar refractivity (Wildman–Crippen MR) is 114 cm³/mol. The highest BCUT2D eigenvalue weighted by Gasteiger charge is 2.16. The Bertz CT molecular complexity index is 606. The van der Waals surface area contributed by atoms with E-state index in [1.54, 1.807) is 0 Å². The second-order valence-electron chi connectivity index (χ2n) is 7.70. The van der Waals surface area contributed by atoms with Gasteiger partial charge in [-0.25, -0.2) is 9.55 Å². The molecular formula is C24H39N2O+. The first-order valence-electron chi connectivity index (χ1n) is 11.1. The molecule has 2 aromatic rings. The van der Waals surface area contributed by atoms with Crippen molar-refractivity contribution < 1.29 is 9.67 Å². The van der Waals surface area contributed by atoms with E-state index in [1.165, 1.54) is 81.9 Å².